The van der Waals surface area contributed by atoms with Crippen molar-refractivity contribution in [3.63, 3.8) is 0 Å². The van der Waals surface area contributed by atoms with E-state index in [4.69, 9.17) is 5.11 Å². The van der Waals surface area contributed by atoms with Gasteiger partial charge in [-0.3, -0.25) is 0 Å². The van der Waals surface area contributed by atoms with Crippen LogP contribution in [-0.4, -0.2) is 20.3 Å². The second-order valence-corrected chi connectivity index (χ2v) is 9.00. The summed E-state index contributed by atoms with van der Waals surface area (Å²) in [7, 11) is 1.84. The van der Waals surface area contributed by atoms with Crippen molar-refractivity contribution in [2.45, 2.75) is 5.41 Å². The van der Waals surface area contributed by atoms with E-state index in [-0.39, 0.29) is 5.56 Å². The molecule has 4 rings (SSSR count). The van der Waals surface area contributed by atoms with E-state index in [0.29, 0.717) is 5.69 Å². The van der Waals surface area contributed by atoms with Gasteiger partial charge in [-0.15, -0.1) is 0 Å². The number of hydrogen-bond acceptors (Lipinski definition) is 2. The zero-order valence-corrected chi connectivity index (χ0v) is 21.3. The van der Waals surface area contributed by atoms with Crippen molar-refractivity contribution in [2.75, 3.05) is 0 Å². The van der Waals surface area contributed by atoms with Crippen LogP contribution in [0.1, 0.15) is 16.8 Å². The summed E-state index contributed by atoms with van der Waals surface area (Å²) in [4.78, 5) is 14.4. The van der Waals surface area contributed by atoms with Crippen molar-refractivity contribution in [2.24, 2.45) is 7.05 Å². The van der Waals surface area contributed by atoms with E-state index in [0.717, 1.165) is 33.2 Å². The molecule has 0 aliphatic rings. The van der Waals surface area contributed by atoms with Gasteiger partial charge in [0.1, 0.15) is 0 Å². The van der Waals surface area contributed by atoms with Gasteiger partial charge in [0.25, 0.3) is 0 Å². The van der Waals surface area contributed by atoms with Crippen LogP contribution < -0.4 is 4.57 Å². The molecule has 0 fully saturated rings. The zero-order chi connectivity index (χ0) is 26.4. The Morgan fingerprint density at radius 2 is 1.46 bits per heavy atom. The molecule has 7 heteroatoms. The number of aromatic nitrogens is 2. The Morgan fingerprint density at radius 1 is 0.865 bits per heavy atom. The molecule has 0 unspecified atom stereocenters. The van der Waals surface area contributed by atoms with Crippen molar-refractivity contribution in [3.8, 4) is 11.3 Å². The maximum atomic E-state index is 14.8. The van der Waals surface area contributed by atoms with Crippen LogP contribution in [0.5, 0.6) is 0 Å². The fourth-order valence-corrected chi connectivity index (χ4v) is 5.23. The number of carboxylic acid groups (broad SMARTS) is 1. The first-order chi connectivity index (χ1) is 17.9. The predicted molar refractivity (Wildman–Crippen MR) is 134 cm³/mol. The Balaban J connectivity index is 2.05. The number of carboxylic acids is 1. The Hall–Kier alpha value is -4.00. The molecule has 0 saturated heterocycles. The molecule has 0 spiro atoms. The number of benzene rings is 2. The third-order valence-corrected chi connectivity index (χ3v) is 6.86. The monoisotopic (exact) mass is 532 g/mol. The average molecular weight is 532 g/mol. The van der Waals surface area contributed by atoms with Crippen LogP contribution in [0.25, 0.3) is 11.3 Å². The van der Waals surface area contributed by atoms with Gasteiger partial charge in [-0.1, -0.05) is 0 Å². The third-order valence-electron chi connectivity index (χ3n) is 6.11. The Labute approximate surface area is 222 Å². The van der Waals surface area contributed by atoms with E-state index in [1.54, 1.807) is 12.1 Å². The molecule has 0 aliphatic heterocycles. The first kappa shape index (κ1) is 26.1. The maximum absolute atomic E-state index is 14.8. The van der Waals surface area contributed by atoms with Gasteiger partial charge >= 0.3 is 223 Å². The van der Waals surface area contributed by atoms with E-state index in [9.17, 15) is 13.6 Å². The van der Waals surface area contributed by atoms with Crippen molar-refractivity contribution < 1.29 is 40.2 Å². The Kier molecular flexibility index (Phi) is 8.02. The van der Waals surface area contributed by atoms with E-state index in [1.807, 2.05) is 90.5 Å². The molecule has 0 radical (unpaired) electrons. The van der Waals surface area contributed by atoms with Crippen LogP contribution in [0.4, 0.5) is 8.78 Å². The summed E-state index contributed by atoms with van der Waals surface area (Å²) in [5, 5.41) is 8.99. The standard InChI is InChI=1S/C30H22F2N2O2.V/c1-34-25(24-19-20-27(31)33-29(24)32)16-11-17-26(34)30(22-12-5-2-6-13-22,23-14-7-3-8-15-23)21-10-4-9-18-28(35)36;/h2-20H,1H3;/p+1/b10-4-,18-9?;. The van der Waals surface area contributed by atoms with Crippen molar-refractivity contribution in [1.82, 2.24) is 4.98 Å². The van der Waals surface area contributed by atoms with Crippen LogP contribution >= 0.6 is 0 Å². The van der Waals surface area contributed by atoms with Gasteiger partial charge in [0, 0.05) is 0 Å². The number of hydrogen-bond donors (Lipinski definition) is 1. The molecule has 4 aromatic rings. The molecule has 2 aromatic heterocycles. The molecule has 4 nitrogen and oxygen atoms in total. The third kappa shape index (κ3) is 5.26. The van der Waals surface area contributed by atoms with Crippen molar-refractivity contribution in [3.05, 3.63) is 144 Å². The molecule has 183 valence electrons. The first-order valence-corrected chi connectivity index (χ1v) is 12.1. The summed E-state index contributed by atoms with van der Waals surface area (Å²) in [5.41, 5.74) is 2.56. The van der Waals surface area contributed by atoms with Crippen LogP contribution in [0.15, 0.2) is 115 Å². The molecule has 37 heavy (non-hydrogen) atoms. The fraction of sp³-hybridized carbons (Fsp3) is 0.0667. The molecule has 0 amide bonds. The average Bonchev–Trinajstić information content (AvgIpc) is 2.89. The van der Waals surface area contributed by atoms with E-state index >= 15 is 0 Å². The van der Waals surface area contributed by atoms with Crippen LogP contribution in [0, 0.1) is 11.9 Å². The fourth-order valence-electron chi connectivity index (χ4n) is 4.51. The molecule has 0 atom stereocenters. The van der Waals surface area contributed by atoms with Gasteiger partial charge < -0.3 is 0 Å². The Bertz CT molecular complexity index is 1460. The normalized spacial score (nSPS) is 11.7. The number of allylic oxidation sites excluding steroid dienone is 3. The zero-order valence-electron chi connectivity index (χ0n) is 19.9. The topological polar surface area (TPSA) is 54.1 Å². The summed E-state index contributed by atoms with van der Waals surface area (Å²) in [6.45, 7) is 0. The molecule has 1 N–H and O–H groups in total. The van der Waals surface area contributed by atoms with Crippen molar-refractivity contribution >= 4 is 10.2 Å². The van der Waals surface area contributed by atoms with E-state index < -0.39 is 23.3 Å². The number of halogens is 2. The summed E-state index contributed by atoms with van der Waals surface area (Å²) in [5.74, 6) is -2.82. The van der Waals surface area contributed by atoms with Gasteiger partial charge in [-0.2, -0.15) is 0 Å². The SMILES string of the molecule is C[n+]1c(-c2ccc(F)nc2F)cccc1C([C](=[V])/C=C\C=CC(=O)O)(c1ccccc1)c1ccccc1. The summed E-state index contributed by atoms with van der Waals surface area (Å²) >= 11 is 2.60. The molecule has 2 aromatic carbocycles. The number of pyridine rings is 2. The van der Waals surface area contributed by atoms with Gasteiger partial charge in [0.15, 0.2) is 0 Å². The quantitative estimate of drug-likeness (QED) is 0.149. The molecular formula is C30H23F2N2O2V+. The summed E-state index contributed by atoms with van der Waals surface area (Å²) in [6.07, 6.45) is 6.06. The van der Waals surface area contributed by atoms with Crippen LogP contribution in [0.2, 0.25) is 0 Å². The van der Waals surface area contributed by atoms with Crippen LogP contribution in [-0.2, 0) is 34.2 Å². The minimum atomic E-state index is -1.04. The summed E-state index contributed by atoms with van der Waals surface area (Å²) < 4.78 is 31.1. The number of nitrogens with zero attached hydrogens (tertiary/aromatic N) is 2. The van der Waals surface area contributed by atoms with Gasteiger partial charge in [-0.05, 0) is 0 Å². The van der Waals surface area contributed by atoms with E-state index in [1.165, 1.54) is 12.1 Å². The van der Waals surface area contributed by atoms with E-state index in [2.05, 4.69) is 22.0 Å². The number of carbonyl (C=O) groups is 1. The van der Waals surface area contributed by atoms with Crippen LogP contribution in [0.3, 0.4) is 0 Å². The number of rotatable bonds is 8. The van der Waals surface area contributed by atoms with Gasteiger partial charge in [0.2, 0.25) is 0 Å². The number of aliphatic carboxylic acids is 1. The van der Waals surface area contributed by atoms with Crippen molar-refractivity contribution in [1.29, 1.82) is 0 Å². The predicted octanol–water partition coefficient (Wildman–Crippen LogP) is 5.10. The van der Waals surface area contributed by atoms with Gasteiger partial charge in [0.05, 0.1) is 0 Å². The minimum absolute atomic E-state index is 0.174. The summed E-state index contributed by atoms with van der Waals surface area (Å²) in [6, 6.07) is 27.9. The molecule has 2 heterocycles. The van der Waals surface area contributed by atoms with Gasteiger partial charge in [-0.25, -0.2) is 0 Å². The first-order valence-electron chi connectivity index (χ1n) is 11.4. The second kappa shape index (κ2) is 11.4. The molecule has 0 bridgehead atoms. The molecule has 0 aliphatic carbocycles. The molecule has 0 saturated carbocycles. The Morgan fingerprint density at radius 3 is 2.03 bits per heavy atom. The second-order valence-electron chi connectivity index (χ2n) is 8.25. The molecular weight excluding hydrogens is 509 g/mol.